The zero-order valence-corrected chi connectivity index (χ0v) is 14.1. The molecule has 3 nitrogen and oxygen atoms in total. The number of nitrogens with zero attached hydrogens (tertiary/aromatic N) is 2. The Balaban J connectivity index is 2.65. The molecular weight excluding hydrogens is 246 g/mol. The van der Waals surface area contributed by atoms with Crippen molar-refractivity contribution in [3.05, 3.63) is 0 Å². The van der Waals surface area contributed by atoms with Crippen molar-refractivity contribution in [3.8, 4) is 6.07 Å². The van der Waals surface area contributed by atoms with Gasteiger partial charge in [-0.2, -0.15) is 5.26 Å². The summed E-state index contributed by atoms with van der Waals surface area (Å²) in [6.07, 6.45) is 7.69. The SMILES string of the molecule is CCN(C(C)CC(C)(C#N)NC(C)C)C1CCCCC1. The van der Waals surface area contributed by atoms with Gasteiger partial charge in [0.05, 0.1) is 6.07 Å². The molecule has 1 saturated carbocycles. The van der Waals surface area contributed by atoms with E-state index in [9.17, 15) is 5.26 Å². The molecule has 1 rings (SSSR count). The summed E-state index contributed by atoms with van der Waals surface area (Å²) < 4.78 is 0. The van der Waals surface area contributed by atoms with Crippen LogP contribution in [0.1, 0.15) is 73.1 Å². The summed E-state index contributed by atoms with van der Waals surface area (Å²) in [6, 6.07) is 4.01. The summed E-state index contributed by atoms with van der Waals surface area (Å²) in [7, 11) is 0. The smallest absolute Gasteiger partial charge is 0.105 e. The van der Waals surface area contributed by atoms with Gasteiger partial charge in [0.25, 0.3) is 0 Å². The van der Waals surface area contributed by atoms with E-state index in [0.717, 1.165) is 19.0 Å². The van der Waals surface area contributed by atoms with Crippen LogP contribution in [-0.2, 0) is 0 Å². The molecule has 2 unspecified atom stereocenters. The molecule has 1 fully saturated rings. The van der Waals surface area contributed by atoms with E-state index in [1.165, 1.54) is 32.1 Å². The lowest BCUT2D eigenvalue weighted by Gasteiger charge is -2.40. The number of hydrogen-bond acceptors (Lipinski definition) is 3. The second-order valence-corrected chi connectivity index (χ2v) is 6.92. The zero-order chi connectivity index (χ0) is 15.2. The summed E-state index contributed by atoms with van der Waals surface area (Å²) >= 11 is 0. The van der Waals surface area contributed by atoms with Crippen LogP contribution in [0.4, 0.5) is 0 Å². The van der Waals surface area contributed by atoms with Gasteiger partial charge in [-0.25, -0.2) is 0 Å². The van der Waals surface area contributed by atoms with Gasteiger partial charge in [0.2, 0.25) is 0 Å². The van der Waals surface area contributed by atoms with Crippen LogP contribution >= 0.6 is 0 Å². The highest BCUT2D eigenvalue weighted by atomic mass is 15.2. The Hall–Kier alpha value is -0.590. The van der Waals surface area contributed by atoms with Crippen molar-refractivity contribution in [3.63, 3.8) is 0 Å². The van der Waals surface area contributed by atoms with Crippen molar-refractivity contribution < 1.29 is 0 Å². The number of nitrogens with one attached hydrogen (secondary N) is 1. The van der Waals surface area contributed by atoms with E-state index < -0.39 is 5.54 Å². The molecule has 116 valence electrons. The fourth-order valence-corrected chi connectivity index (χ4v) is 3.82. The van der Waals surface area contributed by atoms with Gasteiger partial charge < -0.3 is 0 Å². The van der Waals surface area contributed by atoms with E-state index in [1.807, 2.05) is 6.92 Å². The highest BCUT2D eigenvalue weighted by Crippen LogP contribution is 2.26. The Morgan fingerprint density at radius 1 is 1.25 bits per heavy atom. The normalized spacial score (nSPS) is 21.7. The van der Waals surface area contributed by atoms with Crippen molar-refractivity contribution in [2.24, 2.45) is 0 Å². The summed E-state index contributed by atoms with van der Waals surface area (Å²) in [5.41, 5.74) is -0.421. The standard InChI is InChI=1S/C17H33N3/c1-6-20(16-10-8-7-9-11-16)15(4)12-17(5,13-18)19-14(2)3/h14-16,19H,6-12H2,1-5H3. The van der Waals surface area contributed by atoms with Gasteiger partial charge in [-0.15, -0.1) is 0 Å². The molecule has 1 aliphatic rings. The molecule has 0 aliphatic heterocycles. The fraction of sp³-hybridized carbons (Fsp3) is 0.941. The van der Waals surface area contributed by atoms with E-state index >= 15 is 0 Å². The van der Waals surface area contributed by atoms with Crippen LogP contribution in [0.15, 0.2) is 0 Å². The summed E-state index contributed by atoms with van der Waals surface area (Å²) in [5.74, 6) is 0. The van der Waals surface area contributed by atoms with Gasteiger partial charge in [0, 0.05) is 18.1 Å². The third-order valence-corrected chi connectivity index (χ3v) is 4.53. The lowest BCUT2D eigenvalue weighted by molar-refractivity contribution is 0.101. The minimum Gasteiger partial charge on any atom is -0.298 e. The topological polar surface area (TPSA) is 39.1 Å². The predicted molar refractivity (Wildman–Crippen MR) is 85.6 cm³/mol. The molecule has 0 heterocycles. The Labute approximate surface area is 125 Å². The molecule has 1 N–H and O–H groups in total. The number of rotatable bonds is 7. The molecule has 0 bridgehead atoms. The molecule has 0 radical (unpaired) electrons. The summed E-state index contributed by atoms with van der Waals surface area (Å²) in [4.78, 5) is 2.62. The van der Waals surface area contributed by atoms with Crippen molar-refractivity contribution in [1.82, 2.24) is 10.2 Å². The number of nitriles is 1. The van der Waals surface area contributed by atoms with Crippen LogP contribution in [0.25, 0.3) is 0 Å². The molecule has 0 aromatic carbocycles. The van der Waals surface area contributed by atoms with E-state index in [2.05, 4.69) is 44.0 Å². The molecule has 2 atom stereocenters. The maximum Gasteiger partial charge on any atom is 0.105 e. The third-order valence-electron chi connectivity index (χ3n) is 4.53. The van der Waals surface area contributed by atoms with E-state index in [1.54, 1.807) is 0 Å². The largest absolute Gasteiger partial charge is 0.298 e. The second-order valence-electron chi connectivity index (χ2n) is 6.92. The first-order valence-corrected chi connectivity index (χ1v) is 8.36. The van der Waals surface area contributed by atoms with Crippen LogP contribution in [-0.4, -0.2) is 35.1 Å². The maximum atomic E-state index is 9.52. The van der Waals surface area contributed by atoms with Gasteiger partial charge in [-0.3, -0.25) is 10.2 Å². The zero-order valence-electron chi connectivity index (χ0n) is 14.1. The van der Waals surface area contributed by atoms with Crippen molar-refractivity contribution in [2.75, 3.05) is 6.54 Å². The fourth-order valence-electron chi connectivity index (χ4n) is 3.82. The highest BCUT2D eigenvalue weighted by molar-refractivity contribution is 5.06. The molecule has 0 aromatic heterocycles. The maximum absolute atomic E-state index is 9.52. The van der Waals surface area contributed by atoms with Crippen molar-refractivity contribution in [2.45, 2.75) is 96.8 Å². The molecule has 0 aromatic rings. The van der Waals surface area contributed by atoms with Gasteiger partial charge in [0.1, 0.15) is 5.54 Å². The van der Waals surface area contributed by atoms with Gasteiger partial charge in [0.15, 0.2) is 0 Å². The van der Waals surface area contributed by atoms with Crippen LogP contribution in [0.2, 0.25) is 0 Å². The Morgan fingerprint density at radius 2 is 1.85 bits per heavy atom. The predicted octanol–water partition coefficient (Wildman–Crippen LogP) is 3.70. The molecule has 0 amide bonds. The lowest BCUT2D eigenvalue weighted by atomic mass is 9.89. The van der Waals surface area contributed by atoms with Crippen molar-refractivity contribution in [1.29, 1.82) is 5.26 Å². The Morgan fingerprint density at radius 3 is 2.30 bits per heavy atom. The van der Waals surface area contributed by atoms with Crippen LogP contribution in [0.3, 0.4) is 0 Å². The number of hydrogen-bond donors (Lipinski definition) is 1. The lowest BCUT2D eigenvalue weighted by Crippen LogP contribution is -2.51. The molecule has 0 saturated heterocycles. The van der Waals surface area contributed by atoms with Crippen molar-refractivity contribution >= 4 is 0 Å². The molecular formula is C17H33N3. The average molecular weight is 279 g/mol. The summed E-state index contributed by atoms with van der Waals surface area (Å²) in [6.45, 7) is 11.9. The minimum absolute atomic E-state index is 0.344. The third kappa shape index (κ3) is 5.07. The molecule has 3 heteroatoms. The van der Waals surface area contributed by atoms with Gasteiger partial charge in [-0.05, 0) is 53.5 Å². The minimum atomic E-state index is -0.421. The molecule has 1 aliphatic carbocycles. The van der Waals surface area contributed by atoms with Crippen LogP contribution in [0, 0.1) is 11.3 Å². The van der Waals surface area contributed by atoms with E-state index in [0.29, 0.717) is 12.1 Å². The van der Waals surface area contributed by atoms with E-state index in [-0.39, 0.29) is 0 Å². The molecule has 20 heavy (non-hydrogen) atoms. The first-order valence-electron chi connectivity index (χ1n) is 8.36. The van der Waals surface area contributed by atoms with Crippen LogP contribution in [0.5, 0.6) is 0 Å². The monoisotopic (exact) mass is 279 g/mol. The van der Waals surface area contributed by atoms with Gasteiger partial charge >= 0.3 is 0 Å². The first-order chi connectivity index (χ1) is 9.41. The quantitative estimate of drug-likeness (QED) is 0.772. The first kappa shape index (κ1) is 17.5. The molecule has 0 spiro atoms. The van der Waals surface area contributed by atoms with Gasteiger partial charge in [-0.1, -0.05) is 26.2 Å². The Kier molecular flexibility index (Phi) is 6.99. The Bertz CT molecular complexity index is 315. The van der Waals surface area contributed by atoms with E-state index in [4.69, 9.17) is 0 Å². The summed E-state index contributed by atoms with van der Waals surface area (Å²) in [5, 5.41) is 12.9. The second kappa shape index (κ2) is 8.00. The highest BCUT2D eigenvalue weighted by Gasteiger charge is 2.31. The average Bonchev–Trinajstić information content (AvgIpc) is 2.39. The van der Waals surface area contributed by atoms with Crippen LogP contribution < -0.4 is 5.32 Å².